The minimum Gasteiger partial charge on any atom is -0.494 e. The Morgan fingerprint density at radius 3 is 2.29 bits per heavy atom. The average Bonchev–Trinajstić information content (AvgIpc) is 3.40. The number of thiophene rings is 1. The Balaban J connectivity index is 1.33. The molecule has 1 aliphatic rings. The zero-order chi connectivity index (χ0) is 23.7. The number of fused-ring (bicyclic) bond motifs is 2. The molecule has 2 aromatic heterocycles. The molecule has 7 nitrogen and oxygen atoms in total. The second-order valence-electron chi connectivity index (χ2n) is 8.11. The summed E-state index contributed by atoms with van der Waals surface area (Å²) in [4.78, 5) is 44.8. The largest absolute Gasteiger partial charge is 0.494 e. The predicted molar refractivity (Wildman–Crippen MR) is 132 cm³/mol. The van der Waals surface area contributed by atoms with E-state index < -0.39 is 0 Å². The average molecular weight is 474 g/mol. The maximum absolute atomic E-state index is 13.3. The van der Waals surface area contributed by atoms with E-state index in [1.807, 2.05) is 29.6 Å². The number of ether oxygens (including phenoxy) is 1. The highest BCUT2D eigenvalue weighted by atomic mass is 32.1. The van der Waals surface area contributed by atoms with Crippen LogP contribution in [0.25, 0.3) is 21.3 Å². The fraction of sp³-hybridized carbons (Fsp3) is 0.231. The number of rotatable bonds is 8. The van der Waals surface area contributed by atoms with Gasteiger partial charge in [-0.25, -0.2) is 4.98 Å². The zero-order valence-corrected chi connectivity index (χ0v) is 19.5. The lowest BCUT2D eigenvalue weighted by Crippen LogP contribution is -2.32. The molecule has 4 aromatic rings. The Hall–Kier alpha value is -3.78. The lowest BCUT2D eigenvalue weighted by atomic mass is 10.1. The summed E-state index contributed by atoms with van der Waals surface area (Å²) in [5.74, 6) is 0.231. The van der Waals surface area contributed by atoms with Crippen LogP contribution < -0.4 is 10.3 Å². The molecule has 0 radical (unpaired) electrons. The Morgan fingerprint density at radius 1 is 0.912 bits per heavy atom. The van der Waals surface area contributed by atoms with Crippen molar-refractivity contribution in [2.24, 2.45) is 0 Å². The monoisotopic (exact) mass is 473 g/mol. The molecular weight excluding hydrogens is 450 g/mol. The molecular formula is C26H23N3O4S. The fourth-order valence-corrected chi connectivity index (χ4v) is 5.04. The maximum atomic E-state index is 13.3. The molecule has 0 saturated heterocycles. The normalized spacial score (nSPS) is 13.0. The summed E-state index contributed by atoms with van der Waals surface area (Å²) in [5.41, 5.74) is 2.51. The number of aromatic nitrogens is 2. The van der Waals surface area contributed by atoms with Crippen molar-refractivity contribution in [2.75, 3.05) is 13.2 Å². The quantitative estimate of drug-likeness (QED) is 0.349. The van der Waals surface area contributed by atoms with Crippen LogP contribution in [0.4, 0.5) is 0 Å². The van der Waals surface area contributed by atoms with Crippen molar-refractivity contribution in [3.8, 4) is 16.9 Å². The molecule has 0 N–H and O–H groups in total. The van der Waals surface area contributed by atoms with Gasteiger partial charge in [-0.2, -0.15) is 0 Å². The number of hydrogen-bond acceptors (Lipinski definition) is 6. The highest BCUT2D eigenvalue weighted by Crippen LogP contribution is 2.31. The van der Waals surface area contributed by atoms with Crippen molar-refractivity contribution >= 4 is 33.4 Å². The van der Waals surface area contributed by atoms with E-state index in [4.69, 9.17) is 4.74 Å². The van der Waals surface area contributed by atoms with Crippen molar-refractivity contribution in [2.45, 2.75) is 26.3 Å². The van der Waals surface area contributed by atoms with Gasteiger partial charge >= 0.3 is 0 Å². The number of hydrogen-bond donors (Lipinski definition) is 0. The van der Waals surface area contributed by atoms with Crippen molar-refractivity contribution in [3.05, 3.63) is 81.7 Å². The van der Waals surface area contributed by atoms with Gasteiger partial charge in [0.2, 0.25) is 0 Å². The Bertz CT molecular complexity index is 1400. The van der Waals surface area contributed by atoms with Crippen LogP contribution in [0.5, 0.6) is 5.75 Å². The molecule has 0 spiro atoms. The van der Waals surface area contributed by atoms with Gasteiger partial charge < -0.3 is 4.74 Å². The summed E-state index contributed by atoms with van der Waals surface area (Å²) in [7, 11) is 0. The molecule has 0 aliphatic carbocycles. The molecule has 8 heteroatoms. The lowest BCUT2D eigenvalue weighted by molar-refractivity contribution is 0.0650. The number of benzene rings is 2. The van der Waals surface area contributed by atoms with Crippen LogP contribution in [0.1, 0.15) is 40.5 Å². The van der Waals surface area contributed by atoms with Gasteiger partial charge in [-0.1, -0.05) is 31.2 Å². The molecule has 172 valence electrons. The van der Waals surface area contributed by atoms with Crippen molar-refractivity contribution in [1.29, 1.82) is 0 Å². The van der Waals surface area contributed by atoms with E-state index in [0.29, 0.717) is 40.9 Å². The molecule has 5 rings (SSSR count). The first kappa shape index (κ1) is 22.0. The summed E-state index contributed by atoms with van der Waals surface area (Å²) >= 11 is 1.43. The zero-order valence-electron chi connectivity index (χ0n) is 18.7. The summed E-state index contributed by atoms with van der Waals surface area (Å²) < 4.78 is 7.20. The smallest absolute Gasteiger partial charge is 0.262 e. The fourth-order valence-electron chi connectivity index (χ4n) is 4.13. The second-order valence-corrected chi connectivity index (χ2v) is 8.96. The summed E-state index contributed by atoms with van der Waals surface area (Å²) in [6.45, 7) is 3.32. The summed E-state index contributed by atoms with van der Waals surface area (Å²) in [6.07, 6.45) is 2.94. The number of carbonyl (C=O) groups is 2. The number of amides is 2. The van der Waals surface area contributed by atoms with Crippen LogP contribution >= 0.6 is 11.3 Å². The highest BCUT2D eigenvalue weighted by molar-refractivity contribution is 7.17. The van der Waals surface area contributed by atoms with Gasteiger partial charge in [0.15, 0.2) is 0 Å². The molecule has 0 bridgehead atoms. The second kappa shape index (κ2) is 9.23. The van der Waals surface area contributed by atoms with Crippen LogP contribution in [0.3, 0.4) is 0 Å². The van der Waals surface area contributed by atoms with E-state index in [-0.39, 0.29) is 23.9 Å². The highest BCUT2D eigenvalue weighted by Gasteiger charge is 2.34. The topological polar surface area (TPSA) is 81.5 Å². The minimum atomic E-state index is -0.284. The number of carbonyl (C=O) groups excluding carboxylic acids is 2. The van der Waals surface area contributed by atoms with Crippen LogP contribution in [-0.4, -0.2) is 39.4 Å². The van der Waals surface area contributed by atoms with Gasteiger partial charge in [-0.3, -0.25) is 23.9 Å². The Labute approximate surface area is 200 Å². The van der Waals surface area contributed by atoms with E-state index >= 15 is 0 Å². The molecule has 0 atom stereocenters. The minimum absolute atomic E-state index is 0.130. The summed E-state index contributed by atoms with van der Waals surface area (Å²) in [5, 5.41) is 2.53. The third-order valence-corrected chi connectivity index (χ3v) is 6.74. The first-order valence-electron chi connectivity index (χ1n) is 11.2. The molecule has 2 amide bonds. The van der Waals surface area contributed by atoms with Crippen LogP contribution in [0.15, 0.2) is 65.0 Å². The van der Waals surface area contributed by atoms with E-state index in [9.17, 15) is 14.4 Å². The standard InChI is InChI=1S/C26H23N3O4S/c1-2-14-33-18-10-8-17(9-11-18)21-15-34-23-22(21)26(32)28(16-27-23)12-5-13-29-24(30)19-6-3-4-7-20(19)25(29)31/h3-4,6-11,15-16H,2,5,12-14H2,1H3. The molecule has 0 unspecified atom stereocenters. The first-order valence-corrected chi connectivity index (χ1v) is 12.1. The van der Waals surface area contributed by atoms with Crippen LogP contribution in [-0.2, 0) is 6.54 Å². The van der Waals surface area contributed by atoms with Gasteiger partial charge in [-0.05, 0) is 42.7 Å². The number of imide groups is 1. The molecule has 0 saturated carbocycles. The third kappa shape index (κ3) is 3.90. The Kier molecular flexibility index (Phi) is 5.98. The van der Waals surface area contributed by atoms with Crippen molar-refractivity contribution in [3.63, 3.8) is 0 Å². The molecule has 1 aliphatic heterocycles. The van der Waals surface area contributed by atoms with Gasteiger partial charge in [0.05, 0.1) is 29.4 Å². The van der Waals surface area contributed by atoms with E-state index in [1.54, 1.807) is 28.8 Å². The number of aryl methyl sites for hydroxylation is 1. The van der Waals surface area contributed by atoms with Crippen LogP contribution in [0, 0.1) is 0 Å². The maximum Gasteiger partial charge on any atom is 0.262 e. The van der Waals surface area contributed by atoms with E-state index in [0.717, 1.165) is 23.3 Å². The van der Waals surface area contributed by atoms with E-state index in [2.05, 4.69) is 11.9 Å². The molecule has 2 aromatic carbocycles. The predicted octanol–water partition coefficient (Wildman–Crippen LogP) is 4.60. The SMILES string of the molecule is CCCOc1ccc(-c2csc3ncn(CCCN4C(=O)c5ccccc5C4=O)c(=O)c23)cc1. The Morgan fingerprint density at radius 2 is 1.62 bits per heavy atom. The van der Waals surface area contributed by atoms with E-state index in [1.165, 1.54) is 22.6 Å². The van der Waals surface area contributed by atoms with Gasteiger partial charge in [0.1, 0.15) is 10.6 Å². The van der Waals surface area contributed by atoms with Gasteiger partial charge in [0.25, 0.3) is 17.4 Å². The number of nitrogens with zero attached hydrogens (tertiary/aromatic N) is 3. The molecule has 0 fully saturated rings. The van der Waals surface area contributed by atoms with Crippen molar-refractivity contribution < 1.29 is 14.3 Å². The van der Waals surface area contributed by atoms with Crippen molar-refractivity contribution in [1.82, 2.24) is 14.5 Å². The van der Waals surface area contributed by atoms with Gasteiger partial charge in [-0.15, -0.1) is 11.3 Å². The summed E-state index contributed by atoms with van der Waals surface area (Å²) in [6, 6.07) is 14.5. The molecule has 34 heavy (non-hydrogen) atoms. The van der Waals surface area contributed by atoms with Gasteiger partial charge in [0, 0.05) is 24.0 Å². The third-order valence-electron chi connectivity index (χ3n) is 5.86. The van der Waals surface area contributed by atoms with Crippen LogP contribution in [0.2, 0.25) is 0 Å². The lowest BCUT2D eigenvalue weighted by Gasteiger charge is -2.14. The first-order chi connectivity index (χ1) is 16.6. The molecule has 3 heterocycles.